The molecule has 0 unspecified atom stereocenters. The quantitative estimate of drug-likeness (QED) is 0.562. The van der Waals surface area contributed by atoms with Crippen molar-refractivity contribution in [2.75, 3.05) is 25.5 Å². The fraction of sp³-hybridized carbons (Fsp3) is 0.292. The maximum absolute atomic E-state index is 12.6. The van der Waals surface area contributed by atoms with Gasteiger partial charge in [0.25, 0.3) is 0 Å². The van der Waals surface area contributed by atoms with Crippen molar-refractivity contribution in [1.29, 1.82) is 0 Å². The van der Waals surface area contributed by atoms with Crippen LogP contribution in [0.3, 0.4) is 0 Å². The topological polar surface area (TPSA) is 76.5 Å². The van der Waals surface area contributed by atoms with E-state index in [1.54, 1.807) is 31.2 Å². The maximum Gasteiger partial charge on any atom is 0.340 e. The second-order valence-corrected chi connectivity index (χ2v) is 7.38. The van der Waals surface area contributed by atoms with Crippen LogP contribution in [-0.4, -0.2) is 46.8 Å². The van der Waals surface area contributed by atoms with Crippen LogP contribution in [0, 0.1) is 13.8 Å². The third-order valence-corrected chi connectivity index (χ3v) is 4.98. The third-order valence-electron chi connectivity index (χ3n) is 4.98. The minimum atomic E-state index is -0.452. The van der Waals surface area contributed by atoms with Crippen LogP contribution in [0.1, 0.15) is 34.2 Å². The molecule has 7 heteroatoms. The standard InChI is InChI=1S/C24H28N4O3/c1-5-31-24(30)20-13-9-10-14-22(20)25-23(29)16-27(4)15-21-17(2)26-28(18(21)3)19-11-7-6-8-12-19/h6-14H,5,15-16H2,1-4H3,(H,25,29). The Labute approximate surface area is 182 Å². The van der Waals surface area contributed by atoms with Crippen molar-refractivity contribution in [1.82, 2.24) is 14.7 Å². The Kier molecular flexibility index (Phi) is 7.20. The van der Waals surface area contributed by atoms with Crippen molar-refractivity contribution >= 4 is 17.6 Å². The summed E-state index contributed by atoms with van der Waals surface area (Å²) < 4.78 is 6.99. The van der Waals surface area contributed by atoms with Crippen LogP contribution in [0.4, 0.5) is 5.69 Å². The van der Waals surface area contributed by atoms with E-state index in [4.69, 9.17) is 4.74 Å². The van der Waals surface area contributed by atoms with Gasteiger partial charge in [0.15, 0.2) is 0 Å². The Bertz CT molecular complexity index is 1060. The largest absolute Gasteiger partial charge is 0.462 e. The lowest BCUT2D eigenvalue weighted by Gasteiger charge is -2.17. The molecule has 3 rings (SSSR count). The van der Waals surface area contributed by atoms with E-state index in [2.05, 4.69) is 10.4 Å². The molecule has 0 saturated heterocycles. The van der Waals surface area contributed by atoms with E-state index in [1.165, 1.54) is 0 Å². The fourth-order valence-corrected chi connectivity index (χ4v) is 3.46. The number of nitrogens with zero attached hydrogens (tertiary/aromatic N) is 3. The summed E-state index contributed by atoms with van der Waals surface area (Å²) in [4.78, 5) is 26.7. The van der Waals surface area contributed by atoms with Gasteiger partial charge < -0.3 is 10.1 Å². The molecule has 0 atom stereocenters. The Morgan fingerprint density at radius 2 is 1.74 bits per heavy atom. The Balaban J connectivity index is 1.67. The van der Waals surface area contributed by atoms with Gasteiger partial charge in [-0.15, -0.1) is 0 Å². The number of amides is 1. The molecule has 1 amide bonds. The molecular weight excluding hydrogens is 392 g/mol. The number of esters is 1. The highest BCUT2D eigenvalue weighted by Gasteiger charge is 2.18. The molecule has 1 aromatic heterocycles. The van der Waals surface area contributed by atoms with Crippen molar-refractivity contribution in [3.63, 3.8) is 0 Å². The van der Waals surface area contributed by atoms with Gasteiger partial charge in [0.05, 0.1) is 35.8 Å². The van der Waals surface area contributed by atoms with Crippen molar-refractivity contribution in [2.24, 2.45) is 0 Å². The van der Waals surface area contributed by atoms with E-state index in [-0.39, 0.29) is 19.1 Å². The lowest BCUT2D eigenvalue weighted by molar-refractivity contribution is -0.117. The van der Waals surface area contributed by atoms with Crippen molar-refractivity contribution in [2.45, 2.75) is 27.3 Å². The number of hydrogen-bond donors (Lipinski definition) is 1. The lowest BCUT2D eigenvalue weighted by Crippen LogP contribution is -2.30. The molecule has 1 N–H and O–H groups in total. The highest BCUT2D eigenvalue weighted by molar-refractivity contribution is 6.01. The molecule has 0 aliphatic heterocycles. The smallest absolute Gasteiger partial charge is 0.340 e. The summed E-state index contributed by atoms with van der Waals surface area (Å²) in [6, 6.07) is 16.8. The highest BCUT2D eigenvalue weighted by Crippen LogP contribution is 2.20. The second kappa shape index (κ2) is 10.0. The normalized spacial score (nSPS) is 10.9. The average Bonchev–Trinajstić information content (AvgIpc) is 3.03. The molecule has 0 fully saturated rings. The molecule has 0 aliphatic carbocycles. The fourth-order valence-electron chi connectivity index (χ4n) is 3.46. The van der Waals surface area contributed by atoms with Crippen LogP contribution in [0.15, 0.2) is 54.6 Å². The van der Waals surface area contributed by atoms with Crippen LogP contribution in [0.5, 0.6) is 0 Å². The number of carbonyl (C=O) groups excluding carboxylic acids is 2. The molecule has 1 heterocycles. The Hall–Kier alpha value is -3.45. The summed E-state index contributed by atoms with van der Waals surface area (Å²) in [5.41, 5.74) is 4.86. The van der Waals surface area contributed by atoms with E-state index in [0.717, 1.165) is 22.6 Å². The number of nitrogens with one attached hydrogen (secondary N) is 1. The van der Waals surface area contributed by atoms with Crippen LogP contribution in [-0.2, 0) is 16.1 Å². The SMILES string of the molecule is CCOC(=O)c1ccccc1NC(=O)CN(C)Cc1c(C)nn(-c2ccccc2)c1C. The molecule has 7 nitrogen and oxygen atoms in total. The predicted octanol–water partition coefficient (Wildman–Crippen LogP) is 3.74. The van der Waals surface area contributed by atoms with Gasteiger partial charge in [0.2, 0.25) is 5.91 Å². The zero-order valence-corrected chi connectivity index (χ0v) is 18.4. The first-order valence-corrected chi connectivity index (χ1v) is 10.3. The van der Waals surface area contributed by atoms with Crippen LogP contribution in [0.2, 0.25) is 0 Å². The summed E-state index contributed by atoms with van der Waals surface area (Å²) in [7, 11) is 1.88. The van der Waals surface area contributed by atoms with Crippen molar-refractivity contribution in [3.8, 4) is 5.69 Å². The zero-order chi connectivity index (χ0) is 22.4. The molecule has 162 valence electrons. The number of carbonyl (C=O) groups is 2. The monoisotopic (exact) mass is 420 g/mol. The van der Waals surface area contributed by atoms with Gasteiger partial charge >= 0.3 is 5.97 Å². The summed E-state index contributed by atoms with van der Waals surface area (Å²) in [5, 5.41) is 7.49. The van der Waals surface area contributed by atoms with Crippen LogP contribution in [0.25, 0.3) is 5.69 Å². The molecule has 2 aromatic carbocycles. The Morgan fingerprint density at radius 3 is 2.45 bits per heavy atom. The van der Waals surface area contributed by atoms with E-state index in [1.807, 2.05) is 60.8 Å². The number of benzene rings is 2. The number of aromatic nitrogens is 2. The molecule has 3 aromatic rings. The Morgan fingerprint density at radius 1 is 1.06 bits per heavy atom. The molecule has 31 heavy (non-hydrogen) atoms. The molecule has 0 bridgehead atoms. The molecular formula is C24H28N4O3. The van der Waals surface area contributed by atoms with Gasteiger partial charge in [-0.1, -0.05) is 30.3 Å². The van der Waals surface area contributed by atoms with Crippen molar-refractivity contribution in [3.05, 3.63) is 77.1 Å². The van der Waals surface area contributed by atoms with Gasteiger partial charge in [0.1, 0.15) is 0 Å². The second-order valence-electron chi connectivity index (χ2n) is 7.38. The third kappa shape index (κ3) is 5.38. The summed E-state index contributed by atoms with van der Waals surface area (Å²) in [5.74, 6) is -0.656. The number of aryl methyl sites for hydroxylation is 1. The first-order valence-electron chi connectivity index (χ1n) is 10.3. The predicted molar refractivity (Wildman–Crippen MR) is 120 cm³/mol. The number of likely N-dealkylation sites (N-methyl/N-ethyl adjacent to an activating group) is 1. The number of anilines is 1. The molecule has 0 radical (unpaired) electrons. The molecule has 0 saturated carbocycles. The summed E-state index contributed by atoms with van der Waals surface area (Å²) >= 11 is 0. The number of hydrogen-bond acceptors (Lipinski definition) is 5. The zero-order valence-electron chi connectivity index (χ0n) is 18.4. The molecule has 0 aliphatic rings. The van der Waals surface area contributed by atoms with Gasteiger partial charge in [-0.3, -0.25) is 9.69 Å². The lowest BCUT2D eigenvalue weighted by atomic mass is 10.1. The average molecular weight is 421 g/mol. The minimum Gasteiger partial charge on any atom is -0.462 e. The first kappa shape index (κ1) is 22.2. The van der Waals surface area contributed by atoms with E-state index < -0.39 is 5.97 Å². The molecule has 0 spiro atoms. The van der Waals surface area contributed by atoms with E-state index >= 15 is 0 Å². The van der Waals surface area contributed by atoms with Gasteiger partial charge in [-0.25, -0.2) is 9.48 Å². The van der Waals surface area contributed by atoms with Gasteiger partial charge in [-0.2, -0.15) is 5.10 Å². The highest BCUT2D eigenvalue weighted by atomic mass is 16.5. The van der Waals surface area contributed by atoms with E-state index in [0.29, 0.717) is 17.8 Å². The first-order chi connectivity index (χ1) is 14.9. The maximum atomic E-state index is 12.6. The van der Waals surface area contributed by atoms with Gasteiger partial charge in [-0.05, 0) is 52.1 Å². The van der Waals surface area contributed by atoms with Crippen LogP contribution >= 0.6 is 0 Å². The minimum absolute atomic E-state index is 0.173. The van der Waals surface area contributed by atoms with Crippen molar-refractivity contribution < 1.29 is 14.3 Å². The summed E-state index contributed by atoms with van der Waals surface area (Å²) in [6.45, 7) is 6.79. The van der Waals surface area contributed by atoms with Crippen LogP contribution < -0.4 is 5.32 Å². The number of rotatable bonds is 8. The number of para-hydroxylation sites is 2. The van der Waals surface area contributed by atoms with Gasteiger partial charge in [0, 0.05) is 17.8 Å². The van der Waals surface area contributed by atoms with E-state index in [9.17, 15) is 9.59 Å². The number of ether oxygens (including phenoxy) is 1. The summed E-state index contributed by atoms with van der Waals surface area (Å²) in [6.07, 6.45) is 0.